The van der Waals surface area contributed by atoms with Crippen LogP contribution in [0.4, 0.5) is 0 Å². The fourth-order valence-electron chi connectivity index (χ4n) is 1.18. The molecule has 0 amide bonds. The van der Waals surface area contributed by atoms with E-state index in [1.165, 1.54) is 6.20 Å². The van der Waals surface area contributed by atoms with E-state index in [0.29, 0.717) is 17.9 Å². The van der Waals surface area contributed by atoms with E-state index >= 15 is 0 Å². The molecule has 0 aliphatic carbocycles. The lowest BCUT2D eigenvalue weighted by Crippen LogP contribution is -2.01. The van der Waals surface area contributed by atoms with Gasteiger partial charge in [0, 0.05) is 12.7 Å². The number of nitrogens with zero attached hydrogens (tertiary/aromatic N) is 4. The summed E-state index contributed by atoms with van der Waals surface area (Å²) in [4.78, 5) is 4.18. The number of rotatable bonds is 2. The molecule has 0 atom stereocenters. The first-order chi connectivity index (χ1) is 7.33. The van der Waals surface area contributed by atoms with Gasteiger partial charge in [0.15, 0.2) is 5.82 Å². The number of hydrogen-bond donors (Lipinski definition) is 1. The van der Waals surface area contributed by atoms with Crippen molar-refractivity contribution in [2.24, 2.45) is 5.73 Å². The van der Waals surface area contributed by atoms with Crippen LogP contribution in [0.15, 0.2) is 30.7 Å². The third kappa shape index (κ3) is 1.85. The molecule has 5 heteroatoms. The van der Waals surface area contributed by atoms with Gasteiger partial charge in [-0.3, -0.25) is 0 Å². The number of aromatic nitrogens is 3. The molecule has 0 saturated heterocycles. The predicted molar refractivity (Wildman–Crippen MR) is 54.0 cm³/mol. The molecule has 0 aliphatic heterocycles. The van der Waals surface area contributed by atoms with Gasteiger partial charge in [-0.2, -0.15) is 10.4 Å². The lowest BCUT2D eigenvalue weighted by Gasteiger charge is -2.00. The molecular weight excluding hydrogens is 190 g/mol. The van der Waals surface area contributed by atoms with Crippen LogP contribution in [-0.4, -0.2) is 14.8 Å². The molecule has 15 heavy (non-hydrogen) atoms. The molecule has 5 nitrogen and oxygen atoms in total. The molecule has 2 heterocycles. The number of nitrogens with two attached hydrogens (primary N) is 1. The Kier molecular flexibility index (Phi) is 2.44. The molecule has 0 saturated carbocycles. The van der Waals surface area contributed by atoms with Gasteiger partial charge >= 0.3 is 0 Å². The fourth-order valence-corrected chi connectivity index (χ4v) is 1.18. The Morgan fingerprint density at radius 3 is 2.80 bits per heavy atom. The average Bonchev–Trinajstić information content (AvgIpc) is 2.78. The van der Waals surface area contributed by atoms with Gasteiger partial charge in [0.2, 0.25) is 0 Å². The predicted octanol–water partition coefficient (Wildman–Crippen LogP) is 0.598. The molecule has 0 bridgehead atoms. The standard InChI is InChI=1S/C10H9N5/c11-3-8-1-2-10(13-5-8)15-7-9(4-12)6-14-15/h1-2,5-7H,3,11H2. The van der Waals surface area contributed by atoms with Crippen molar-refractivity contribution in [2.75, 3.05) is 0 Å². The SMILES string of the molecule is N#Cc1cnn(-c2ccc(CN)cn2)c1. The van der Waals surface area contributed by atoms with Gasteiger partial charge in [-0.15, -0.1) is 0 Å². The van der Waals surface area contributed by atoms with Gasteiger partial charge in [0.25, 0.3) is 0 Å². The van der Waals surface area contributed by atoms with Gasteiger partial charge in [-0.1, -0.05) is 6.07 Å². The minimum Gasteiger partial charge on any atom is -0.326 e. The maximum absolute atomic E-state index is 8.64. The van der Waals surface area contributed by atoms with Crippen molar-refractivity contribution in [3.63, 3.8) is 0 Å². The maximum atomic E-state index is 8.64. The van der Waals surface area contributed by atoms with Crippen molar-refractivity contribution in [2.45, 2.75) is 6.54 Å². The van der Waals surface area contributed by atoms with E-state index < -0.39 is 0 Å². The summed E-state index contributed by atoms with van der Waals surface area (Å²) in [6.45, 7) is 0.468. The van der Waals surface area contributed by atoms with Crippen LogP contribution in [0.25, 0.3) is 5.82 Å². The van der Waals surface area contributed by atoms with Crippen molar-refractivity contribution in [1.29, 1.82) is 5.26 Å². The van der Waals surface area contributed by atoms with Crippen LogP contribution in [-0.2, 0) is 6.54 Å². The van der Waals surface area contributed by atoms with E-state index in [1.54, 1.807) is 17.1 Å². The summed E-state index contributed by atoms with van der Waals surface area (Å²) in [7, 11) is 0. The normalized spacial score (nSPS) is 9.87. The van der Waals surface area contributed by atoms with E-state index in [4.69, 9.17) is 11.0 Å². The second kappa shape index (κ2) is 3.90. The van der Waals surface area contributed by atoms with Gasteiger partial charge in [0.1, 0.15) is 6.07 Å². The van der Waals surface area contributed by atoms with Crippen LogP contribution >= 0.6 is 0 Å². The van der Waals surface area contributed by atoms with Gasteiger partial charge in [-0.25, -0.2) is 9.67 Å². The van der Waals surface area contributed by atoms with Gasteiger partial charge in [0.05, 0.1) is 18.0 Å². The Hall–Kier alpha value is -2.19. The molecule has 74 valence electrons. The summed E-state index contributed by atoms with van der Waals surface area (Å²) in [5, 5.41) is 12.7. The number of pyridine rings is 1. The third-order valence-corrected chi connectivity index (χ3v) is 1.99. The van der Waals surface area contributed by atoms with Gasteiger partial charge < -0.3 is 5.73 Å². The Bertz CT molecular complexity index is 491. The van der Waals surface area contributed by atoms with Crippen molar-refractivity contribution in [3.8, 4) is 11.9 Å². The Morgan fingerprint density at radius 2 is 2.27 bits per heavy atom. The van der Waals surface area contributed by atoms with Crippen LogP contribution in [0.1, 0.15) is 11.1 Å². The van der Waals surface area contributed by atoms with Crippen LogP contribution in [0, 0.1) is 11.3 Å². The molecule has 2 aromatic rings. The second-order valence-corrected chi connectivity index (χ2v) is 3.01. The Labute approximate surface area is 86.8 Å². The summed E-state index contributed by atoms with van der Waals surface area (Å²) in [6, 6.07) is 5.71. The first-order valence-electron chi connectivity index (χ1n) is 4.43. The second-order valence-electron chi connectivity index (χ2n) is 3.01. The van der Waals surface area contributed by atoms with Crippen molar-refractivity contribution in [1.82, 2.24) is 14.8 Å². The molecule has 2 N–H and O–H groups in total. The smallest absolute Gasteiger partial charge is 0.153 e. The summed E-state index contributed by atoms with van der Waals surface area (Å²) < 4.78 is 1.55. The quantitative estimate of drug-likeness (QED) is 0.767. The zero-order valence-electron chi connectivity index (χ0n) is 7.96. The first-order valence-corrected chi connectivity index (χ1v) is 4.43. The minimum absolute atomic E-state index is 0.468. The molecule has 0 fully saturated rings. The van der Waals surface area contributed by atoms with Gasteiger partial charge in [-0.05, 0) is 11.6 Å². The number of nitriles is 1. The molecular formula is C10H9N5. The minimum atomic E-state index is 0.468. The van der Waals surface area contributed by atoms with Crippen LogP contribution in [0.2, 0.25) is 0 Å². The summed E-state index contributed by atoms with van der Waals surface area (Å²) in [5.41, 5.74) is 6.94. The lowest BCUT2D eigenvalue weighted by atomic mass is 10.3. The van der Waals surface area contributed by atoms with Crippen molar-refractivity contribution >= 4 is 0 Å². The van der Waals surface area contributed by atoms with E-state index in [1.807, 2.05) is 18.2 Å². The highest BCUT2D eigenvalue weighted by molar-refractivity contribution is 5.29. The molecule has 0 spiro atoms. The third-order valence-electron chi connectivity index (χ3n) is 1.99. The van der Waals surface area contributed by atoms with Crippen LogP contribution < -0.4 is 5.73 Å². The fraction of sp³-hybridized carbons (Fsp3) is 0.100. The molecule has 2 aromatic heterocycles. The highest BCUT2D eigenvalue weighted by atomic mass is 15.3. The number of hydrogen-bond acceptors (Lipinski definition) is 4. The summed E-state index contributed by atoms with van der Waals surface area (Å²) in [6.07, 6.45) is 4.83. The highest BCUT2D eigenvalue weighted by Gasteiger charge is 2.00. The van der Waals surface area contributed by atoms with Crippen molar-refractivity contribution in [3.05, 3.63) is 41.9 Å². The zero-order valence-corrected chi connectivity index (χ0v) is 7.96. The lowest BCUT2D eigenvalue weighted by molar-refractivity contribution is 0.842. The highest BCUT2D eigenvalue weighted by Crippen LogP contribution is 2.05. The van der Waals surface area contributed by atoms with E-state index in [9.17, 15) is 0 Å². The zero-order chi connectivity index (χ0) is 10.7. The molecule has 0 aromatic carbocycles. The van der Waals surface area contributed by atoms with E-state index in [-0.39, 0.29) is 0 Å². The molecule has 0 unspecified atom stereocenters. The maximum Gasteiger partial charge on any atom is 0.153 e. The molecule has 0 aliphatic rings. The first kappa shape index (κ1) is 9.37. The summed E-state index contributed by atoms with van der Waals surface area (Å²) >= 11 is 0. The average molecular weight is 199 g/mol. The Balaban J connectivity index is 2.33. The monoisotopic (exact) mass is 199 g/mol. The van der Waals surface area contributed by atoms with Crippen molar-refractivity contribution < 1.29 is 0 Å². The topological polar surface area (TPSA) is 80.5 Å². The van der Waals surface area contributed by atoms with Crippen LogP contribution in [0.3, 0.4) is 0 Å². The largest absolute Gasteiger partial charge is 0.326 e. The van der Waals surface area contributed by atoms with Crippen LogP contribution in [0.5, 0.6) is 0 Å². The molecule has 0 radical (unpaired) electrons. The van der Waals surface area contributed by atoms with E-state index in [0.717, 1.165) is 5.56 Å². The molecule has 2 rings (SSSR count). The van der Waals surface area contributed by atoms with E-state index in [2.05, 4.69) is 10.1 Å². The Morgan fingerprint density at radius 1 is 1.40 bits per heavy atom. The summed E-state index contributed by atoms with van der Waals surface area (Å²) in [5.74, 6) is 0.675.